The molecule has 17 heavy (non-hydrogen) atoms. The van der Waals surface area contributed by atoms with Crippen molar-refractivity contribution in [3.63, 3.8) is 0 Å². The number of aromatic amines is 1. The van der Waals surface area contributed by atoms with Crippen molar-refractivity contribution in [1.82, 2.24) is 20.2 Å². The van der Waals surface area contributed by atoms with E-state index in [4.69, 9.17) is 4.74 Å². The molecule has 0 amide bonds. The molecule has 6 heteroatoms. The summed E-state index contributed by atoms with van der Waals surface area (Å²) in [5, 5.41) is 9.97. The highest BCUT2D eigenvalue weighted by atomic mass is 16.5. The fraction of sp³-hybridized carbons (Fsp3) is 0.364. The van der Waals surface area contributed by atoms with E-state index < -0.39 is 0 Å². The van der Waals surface area contributed by atoms with Crippen molar-refractivity contribution in [2.75, 3.05) is 11.9 Å². The Hall–Kier alpha value is -2.11. The van der Waals surface area contributed by atoms with Crippen molar-refractivity contribution in [3.05, 3.63) is 29.8 Å². The van der Waals surface area contributed by atoms with Gasteiger partial charge in [-0.15, -0.1) is 0 Å². The number of hydrogen-bond acceptors (Lipinski definition) is 5. The van der Waals surface area contributed by atoms with E-state index in [9.17, 15) is 0 Å². The zero-order valence-electron chi connectivity index (χ0n) is 9.90. The maximum Gasteiger partial charge on any atom is 0.221 e. The van der Waals surface area contributed by atoms with Gasteiger partial charge in [-0.25, -0.2) is 9.97 Å². The van der Waals surface area contributed by atoms with Crippen molar-refractivity contribution < 1.29 is 4.74 Å². The third-order valence-corrected chi connectivity index (χ3v) is 2.32. The molecule has 0 aromatic carbocycles. The van der Waals surface area contributed by atoms with Gasteiger partial charge in [-0.05, 0) is 19.9 Å². The molecule has 2 aromatic rings. The zero-order chi connectivity index (χ0) is 12.1. The van der Waals surface area contributed by atoms with Crippen molar-refractivity contribution in [2.45, 2.75) is 20.4 Å². The normalized spacial score (nSPS) is 10.2. The van der Waals surface area contributed by atoms with Crippen LogP contribution >= 0.6 is 0 Å². The Morgan fingerprint density at radius 3 is 3.00 bits per heavy atom. The molecule has 0 radical (unpaired) electrons. The lowest BCUT2D eigenvalue weighted by Crippen LogP contribution is -2.06. The topological polar surface area (TPSA) is 75.7 Å². The van der Waals surface area contributed by atoms with Gasteiger partial charge in [-0.2, -0.15) is 5.10 Å². The molecule has 0 aliphatic heterocycles. The zero-order valence-corrected chi connectivity index (χ0v) is 9.90. The highest BCUT2D eigenvalue weighted by Gasteiger charge is 2.07. The van der Waals surface area contributed by atoms with Crippen LogP contribution in [0.15, 0.2) is 18.6 Å². The van der Waals surface area contributed by atoms with Crippen LogP contribution in [0.2, 0.25) is 0 Å². The molecule has 0 fully saturated rings. The highest BCUT2D eigenvalue weighted by molar-refractivity contribution is 5.47. The Morgan fingerprint density at radius 2 is 2.29 bits per heavy atom. The Balaban J connectivity index is 2.07. The van der Waals surface area contributed by atoms with Crippen LogP contribution < -0.4 is 10.1 Å². The summed E-state index contributed by atoms with van der Waals surface area (Å²) in [4.78, 5) is 8.26. The summed E-state index contributed by atoms with van der Waals surface area (Å²) in [5.41, 5.74) is 1.91. The Bertz CT molecular complexity index is 469. The van der Waals surface area contributed by atoms with E-state index >= 15 is 0 Å². The van der Waals surface area contributed by atoms with Gasteiger partial charge >= 0.3 is 0 Å². The average molecular weight is 233 g/mol. The molecule has 0 saturated heterocycles. The smallest absolute Gasteiger partial charge is 0.221 e. The Morgan fingerprint density at radius 1 is 1.41 bits per heavy atom. The molecule has 0 bridgehead atoms. The van der Waals surface area contributed by atoms with E-state index in [0.29, 0.717) is 19.0 Å². The number of rotatable bonds is 5. The lowest BCUT2D eigenvalue weighted by molar-refractivity contribution is 0.324. The first-order chi connectivity index (χ1) is 8.31. The first-order valence-corrected chi connectivity index (χ1v) is 5.47. The molecule has 0 aliphatic rings. The number of hydrogen-bond donors (Lipinski definition) is 2. The van der Waals surface area contributed by atoms with Gasteiger partial charge in [0, 0.05) is 6.20 Å². The minimum Gasteiger partial charge on any atom is -0.478 e. The molecular weight excluding hydrogens is 218 g/mol. The molecule has 2 aromatic heterocycles. The summed E-state index contributed by atoms with van der Waals surface area (Å²) in [6.07, 6.45) is 3.21. The second kappa shape index (κ2) is 5.29. The molecule has 0 saturated carbocycles. The fourth-order valence-corrected chi connectivity index (χ4v) is 1.46. The monoisotopic (exact) mass is 233 g/mol. The summed E-state index contributed by atoms with van der Waals surface area (Å²) < 4.78 is 5.40. The predicted molar refractivity (Wildman–Crippen MR) is 63.9 cm³/mol. The van der Waals surface area contributed by atoms with E-state index in [1.165, 1.54) is 6.33 Å². The second-order valence-electron chi connectivity index (χ2n) is 3.52. The van der Waals surface area contributed by atoms with Gasteiger partial charge in [0.05, 0.1) is 24.4 Å². The van der Waals surface area contributed by atoms with Crippen LogP contribution in [0.3, 0.4) is 0 Å². The minimum atomic E-state index is 0.595. The van der Waals surface area contributed by atoms with Crippen LogP contribution in [0, 0.1) is 6.92 Å². The molecule has 2 rings (SSSR count). The van der Waals surface area contributed by atoms with E-state index in [1.54, 1.807) is 6.20 Å². The molecule has 0 spiro atoms. The number of nitrogens with zero attached hydrogens (tertiary/aromatic N) is 3. The standard InChI is InChI=1S/C11H15N5O/c1-3-17-11-8(2)10(13-7-14-11)12-6-9-4-5-15-16-9/h4-5,7H,3,6H2,1-2H3,(H,15,16)(H,12,13,14). The van der Waals surface area contributed by atoms with Crippen molar-refractivity contribution in [1.29, 1.82) is 0 Å². The first-order valence-electron chi connectivity index (χ1n) is 5.47. The van der Waals surface area contributed by atoms with Crippen molar-refractivity contribution in [3.8, 4) is 5.88 Å². The van der Waals surface area contributed by atoms with E-state index in [-0.39, 0.29) is 0 Å². The van der Waals surface area contributed by atoms with Crippen LogP contribution in [-0.4, -0.2) is 26.8 Å². The van der Waals surface area contributed by atoms with Crippen LogP contribution in [0.25, 0.3) is 0 Å². The fourth-order valence-electron chi connectivity index (χ4n) is 1.46. The van der Waals surface area contributed by atoms with E-state index in [2.05, 4.69) is 25.5 Å². The number of H-pyrrole nitrogens is 1. The number of anilines is 1. The summed E-state index contributed by atoms with van der Waals surface area (Å²) in [5.74, 6) is 1.40. The van der Waals surface area contributed by atoms with Crippen LogP contribution in [0.1, 0.15) is 18.2 Å². The van der Waals surface area contributed by atoms with Gasteiger partial charge in [0.1, 0.15) is 12.1 Å². The number of aromatic nitrogens is 4. The van der Waals surface area contributed by atoms with Gasteiger partial charge in [-0.1, -0.05) is 0 Å². The maximum absolute atomic E-state index is 5.40. The summed E-state index contributed by atoms with van der Waals surface area (Å²) >= 11 is 0. The number of ether oxygens (including phenoxy) is 1. The van der Waals surface area contributed by atoms with E-state index in [1.807, 2.05) is 19.9 Å². The van der Waals surface area contributed by atoms with Crippen molar-refractivity contribution in [2.24, 2.45) is 0 Å². The van der Waals surface area contributed by atoms with Gasteiger partial charge in [0.15, 0.2) is 0 Å². The molecule has 6 nitrogen and oxygen atoms in total. The van der Waals surface area contributed by atoms with Gasteiger partial charge in [0.2, 0.25) is 5.88 Å². The molecular formula is C11H15N5O. The Labute approximate surface area is 99.4 Å². The summed E-state index contributed by atoms with van der Waals surface area (Å²) in [6.45, 7) is 5.10. The van der Waals surface area contributed by atoms with Crippen LogP contribution in [-0.2, 0) is 6.54 Å². The molecule has 90 valence electrons. The molecule has 0 aliphatic carbocycles. The lowest BCUT2D eigenvalue weighted by atomic mass is 10.3. The van der Waals surface area contributed by atoms with Gasteiger partial charge in [-0.3, -0.25) is 5.10 Å². The predicted octanol–water partition coefficient (Wildman–Crippen LogP) is 1.52. The van der Waals surface area contributed by atoms with Crippen molar-refractivity contribution >= 4 is 5.82 Å². The lowest BCUT2D eigenvalue weighted by Gasteiger charge is -2.10. The molecule has 2 N–H and O–H groups in total. The molecule has 2 heterocycles. The summed E-state index contributed by atoms with van der Waals surface area (Å²) in [7, 11) is 0. The second-order valence-corrected chi connectivity index (χ2v) is 3.52. The maximum atomic E-state index is 5.40. The Kier molecular flexibility index (Phi) is 3.54. The van der Waals surface area contributed by atoms with Gasteiger partial charge < -0.3 is 10.1 Å². The highest BCUT2D eigenvalue weighted by Crippen LogP contribution is 2.20. The first kappa shape index (κ1) is 11.4. The molecule has 0 unspecified atom stereocenters. The van der Waals surface area contributed by atoms with Crippen LogP contribution in [0.5, 0.6) is 5.88 Å². The van der Waals surface area contributed by atoms with E-state index in [0.717, 1.165) is 17.1 Å². The minimum absolute atomic E-state index is 0.595. The quantitative estimate of drug-likeness (QED) is 0.818. The third kappa shape index (κ3) is 2.72. The summed E-state index contributed by atoms with van der Waals surface area (Å²) in [6, 6.07) is 1.91. The van der Waals surface area contributed by atoms with Crippen LogP contribution in [0.4, 0.5) is 5.82 Å². The average Bonchev–Trinajstić information content (AvgIpc) is 2.83. The number of nitrogens with one attached hydrogen (secondary N) is 2. The molecule has 0 atom stereocenters. The largest absolute Gasteiger partial charge is 0.478 e. The SMILES string of the molecule is CCOc1ncnc(NCc2ccn[nH]2)c1C. The third-order valence-electron chi connectivity index (χ3n) is 2.32. The van der Waals surface area contributed by atoms with Gasteiger partial charge in [0.25, 0.3) is 0 Å².